The summed E-state index contributed by atoms with van der Waals surface area (Å²) < 4.78 is 0. The fourth-order valence-corrected chi connectivity index (χ4v) is 1.22. The first-order valence-corrected chi connectivity index (χ1v) is 4.57. The standard InChI is InChI=1S/C10H12N2O4/c1-11(2)6-10(14)7-3-4-9(13)8(5-7)12(15)16/h3-5,13H,6H2,1-2H3. The Kier molecular flexibility index (Phi) is 3.57. The van der Waals surface area contributed by atoms with Crippen LogP contribution in [0.15, 0.2) is 18.2 Å². The molecule has 0 aliphatic heterocycles. The SMILES string of the molecule is CN(C)CC(=O)c1ccc(O)c([N+](=O)[O-])c1. The van der Waals surface area contributed by atoms with E-state index in [1.165, 1.54) is 6.07 Å². The summed E-state index contributed by atoms with van der Waals surface area (Å²) in [4.78, 5) is 23.1. The monoisotopic (exact) mass is 224 g/mol. The van der Waals surface area contributed by atoms with Gasteiger partial charge in [-0.3, -0.25) is 14.9 Å². The van der Waals surface area contributed by atoms with E-state index in [-0.39, 0.29) is 17.9 Å². The zero-order valence-electron chi connectivity index (χ0n) is 9.01. The van der Waals surface area contributed by atoms with Crippen LogP contribution in [-0.2, 0) is 0 Å². The van der Waals surface area contributed by atoms with Crippen molar-refractivity contribution >= 4 is 11.5 Å². The number of carbonyl (C=O) groups excluding carboxylic acids is 1. The Morgan fingerprint density at radius 3 is 2.62 bits per heavy atom. The van der Waals surface area contributed by atoms with Gasteiger partial charge in [0.25, 0.3) is 0 Å². The molecule has 0 fully saturated rings. The lowest BCUT2D eigenvalue weighted by Gasteiger charge is -2.08. The zero-order chi connectivity index (χ0) is 12.3. The summed E-state index contributed by atoms with van der Waals surface area (Å²) in [6.07, 6.45) is 0. The van der Waals surface area contributed by atoms with Crippen molar-refractivity contribution in [2.24, 2.45) is 0 Å². The summed E-state index contributed by atoms with van der Waals surface area (Å²) in [5.41, 5.74) is -0.234. The molecule has 0 amide bonds. The van der Waals surface area contributed by atoms with Gasteiger partial charge in [0.05, 0.1) is 11.5 Å². The number of aromatic hydroxyl groups is 1. The molecule has 0 aliphatic carbocycles. The molecular weight excluding hydrogens is 212 g/mol. The Labute approximate surface area is 92.3 Å². The maximum atomic E-state index is 11.6. The first kappa shape index (κ1) is 12.1. The van der Waals surface area contributed by atoms with Crippen LogP contribution in [0, 0.1) is 10.1 Å². The van der Waals surface area contributed by atoms with E-state index in [0.29, 0.717) is 0 Å². The van der Waals surface area contributed by atoms with Crippen molar-refractivity contribution in [2.45, 2.75) is 0 Å². The molecule has 1 rings (SSSR count). The Morgan fingerprint density at radius 1 is 1.50 bits per heavy atom. The summed E-state index contributed by atoms with van der Waals surface area (Å²) in [5, 5.41) is 19.7. The van der Waals surface area contributed by atoms with Crippen LogP contribution in [0.1, 0.15) is 10.4 Å². The van der Waals surface area contributed by atoms with E-state index in [2.05, 4.69) is 0 Å². The quantitative estimate of drug-likeness (QED) is 0.469. The van der Waals surface area contributed by atoms with Crippen molar-refractivity contribution in [3.05, 3.63) is 33.9 Å². The van der Waals surface area contributed by atoms with E-state index < -0.39 is 16.4 Å². The molecule has 86 valence electrons. The second-order valence-electron chi connectivity index (χ2n) is 3.62. The number of nitro groups is 1. The summed E-state index contributed by atoms with van der Waals surface area (Å²) in [6, 6.07) is 3.61. The molecule has 6 heteroatoms. The number of hydrogen-bond acceptors (Lipinski definition) is 5. The topological polar surface area (TPSA) is 83.7 Å². The predicted molar refractivity (Wildman–Crippen MR) is 57.6 cm³/mol. The number of carbonyl (C=O) groups is 1. The van der Waals surface area contributed by atoms with E-state index in [4.69, 9.17) is 0 Å². The maximum Gasteiger partial charge on any atom is 0.311 e. The molecule has 0 aliphatic rings. The molecule has 1 N–H and O–H groups in total. The number of ketones is 1. The van der Waals surface area contributed by atoms with Crippen molar-refractivity contribution in [1.82, 2.24) is 4.90 Å². The van der Waals surface area contributed by atoms with Crippen molar-refractivity contribution < 1.29 is 14.8 Å². The zero-order valence-corrected chi connectivity index (χ0v) is 9.01. The van der Waals surface area contributed by atoms with Crippen molar-refractivity contribution in [3.63, 3.8) is 0 Å². The van der Waals surface area contributed by atoms with Gasteiger partial charge in [0.15, 0.2) is 11.5 Å². The Hall–Kier alpha value is -1.95. The van der Waals surface area contributed by atoms with Crippen molar-refractivity contribution in [2.75, 3.05) is 20.6 Å². The molecule has 0 saturated heterocycles. The first-order chi connectivity index (χ1) is 7.41. The van der Waals surface area contributed by atoms with E-state index in [9.17, 15) is 20.0 Å². The number of nitrogens with zero attached hydrogens (tertiary/aromatic N) is 2. The number of phenolic OH excluding ortho intramolecular Hbond substituents is 1. The largest absolute Gasteiger partial charge is 0.502 e. The molecule has 0 radical (unpaired) electrons. The minimum absolute atomic E-state index is 0.169. The number of rotatable bonds is 4. The molecule has 16 heavy (non-hydrogen) atoms. The van der Waals surface area contributed by atoms with E-state index in [1.807, 2.05) is 0 Å². The van der Waals surface area contributed by atoms with Crippen LogP contribution in [0.2, 0.25) is 0 Å². The van der Waals surface area contributed by atoms with E-state index in [1.54, 1.807) is 19.0 Å². The second kappa shape index (κ2) is 4.71. The lowest BCUT2D eigenvalue weighted by molar-refractivity contribution is -0.385. The molecule has 0 unspecified atom stereocenters. The van der Waals surface area contributed by atoms with Crippen molar-refractivity contribution in [3.8, 4) is 5.75 Å². The van der Waals surface area contributed by atoms with Gasteiger partial charge in [-0.1, -0.05) is 0 Å². The molecule has 0 heterocycles. The van der Waals surface area contributed by atoms with Crippen LogP contribution in [0.4, 0.5) is 5.69 Å². The van der Waals surface area contributed by atoms with Crippen LogP contribution in [0.25, 0.3) is 0 Å². The maximum absolute atomic E-state index is 11.6. The number of hydrogen-bond donors (Lipinski definition) is 1. The molecule has 0 saturated carbocycles. The van der Waals surface area contributed by atoms with Crippen LogP contribution in [-0.4, -0.2) is 41.4 Å². The molecule has 0 aromatic heterocycles. The number of phenols is 1. The summed E-state index contributed by atoms with van der Waals surface area (Å²) in [6.45, 7) is 0.169. The molecule has 0 atom stereocenters. The van der Waals surface area contributed by atoms with Gasteiger partial charge >= 0.3 is 5.69 Å². The van der Waals surface area contributed by atoms with E-state index >= 15 is 0 Å². The molecule has 0 bridgehead atoms. The third-order valence-corrected chi connectivity index (χ3v) is 1.95. The van der Waals surface area contributed by atoms with Crippen LogP contribution >= 0.6 is 0 Å². The minimum Gasteiger partial charge on any atom is -0.502 e. The van der Waals surface area contributed by atoms with Gasteiger partial charge < -0.3 is 10.0 Å². The lowest BCUT2D eigenvalue weighted by Crippen LogP contribution is -2.21. The summed E-state index contributed by atoms with van der Waals surface area (Å²) >= 11 is 0. The third kappa shape index (κ3) is 2.77. The smallest absolute Gasteiger partial charge is 0.311 e. The molecule has 6 nitrogen and oxygen atoms in total. The normalized spacial score (nSPS) is 10.4. The Bertz CT molecular complexity index is 429. The fraction of sp³-hybridized carbons (Fsp3) is 0.300. The van der Waals surface area contributed by atoms with Crippen LogP contribution in [0.3, 0.4) is 0 Å². The number of likely N-dealkylation sites (N-methyl/N-ethyl adjacent to an activating group) is 1. The minimum atomic E-state index is -0.720. The van der Waals surface area contributed by atoms with Gasteiger partial charge in [-0.25, -0.2) is 0 Å². The van der Waals surface area contributed by atoms with Gasteiger partial charge in [-0.2, -0.15) is 0 Å². The van der Waals surface area contributed by atoms with Crippen LogP contribution < -0.4 is 0 Å². The van der Waals surface area contributed by atoms with Crippen molar-refractivity contribution in [1.29, 1.82) is 0 Å². The van der Waals surface area contributed by atoms with Gasteiger partial charge in [0.2, 0.25) is 0 Å². The predicted octanol–water partition coefficient (Wildman–Crippen LogP) is 1.04. The average molecular weight is 224 g/mol. The Morgan fingerprint density at radius 2 is 2.12 bits per heavy atom. The van der Waals surface area contributed by atoms with Gasteiger partial charge in [-0.05, 0) is 26.2 Å². The first-order valence-electron chi connectivity index (χ1n) is 4.57. The highest BCUT2D eigenvalue weighted by Crippen LogP contribution is 2.26. The molecule has 0 spiro atoms. The van der Waals surface area contributed by atoms with Gasteiger partial charge in [-0.15, -0.1) is 0 Å². The summed E-state index contributed by atoms with van der Waals surface area (Å²) in [7, 11) is 3.46. The summed E-state index contributed by atoms with van der Waals surface area (Å²) in [5.74, 6) is -0.667. The lowest BCUT2D eigenvalue weighted by atomic mass is 10.1. The molecule has 1 aromatic rings. The van der Waals surface area contributed by atoms with Gasteiger partial charge in [0, 0.05) is 11.6 Å². The van der Waals surface area contributed by atoms with E-state index in [0.717, 1.165) is 12.1 Å². The number of Topliss-reactive ketones (excluding diaryl/α,β-unsaturated/α-hetero) is 1. The second-order valence-corrected chi connectivity index (χ2v) is 3.62. The van der Waals surface area contributed by atoms with Gasteiger partial charge in [0.1, 0.15) is 0 Å². The highest BCUT2D eigenvalue weighted by molar-refractivity contribution is 5.98. The molecule has 1 aromatic carbocycles. The highest BCUT2D eigenvalue weighted by Gasteiger charge is 2.16. The average Bonchev–Trinajstić information content (AvgIpc) is 2.16. The number of benzene rings is 1. The highest BCUT2D eigenvalue weighted by atomic mass is 16.6. The number of nitro benzene ring substituents is 1. The Balaban J connectivity index is 3.03. The van der Waals surface area contributed by atoms with Crippen LogP contribution in [0.5, 0.6) is 5.75 Å². The third-order valence-electron chi connectivity index (χ3n) is 1.95. The fourth-order valence-electron chi connectivity index (χ4n) is 1.22. The molecular formula is C10H12N2O4.